The van der Waals surface area contributed by atoms with Gasteiger partial charge in [0, 0.05) is 18.0 Å². The van der Waals surface area contributed by atoms with Gasteiger partial charge in [-0.2, -0.15) is 0 Å². The summed E-state index contributed by atoms with van der Waals surface area (Å²) in [5.74, 6) is 0.253. The highest BCUT2D eigenvalue weighted by Gasteiger charge is 2.28. The van der Waals surface area contributed by atoms with Crippen LogP contribution in [0.25, 0.3) is 6.08 Å². The van der Waals surface area contributed by atoms with Crippen molar-refractivity contribution >= 4 is 17.8 Å². The van der Waals surface area contributed by atoms with E-state index in [-0.39, 0.29) is 24.1 Å². The van der Waals surface area contributed by atoms with E-state index in [2.05, 4.69) is 5.32 Å². The van der Waals surface area contributed by atoms with Crippen LogP contribution in [0.5, 0.6) is 5.75 Å². The number of hydrogen-bond acceptors (Lipinski definition) is 5. The molecule has 1 unspecified atom stereocenters. The zero-order chi connectivity index (χ0) is 21.2. The van der Waals surface area contributed by atoms with Crippen LogP contribution in [0.15, 0.2) is 60.7 Å². The summed E-state index contributed by atoms with van der Waals surface area (Å²) in [6.45, 7) is 3.87. The Bertz CT molecular complexity index is 830. The Hall–Kier alpha value is -2.92. The van der Waals surface area contributed by atoms with Crippen molar-refractivity contribution in [2.45, 2.75) is 32.4 Å². The van der Waals surface area contributed by atoms with Gasteiger partial charge in [-0.1, -0.05) is 68.5 Å². The summed E-state index contributed by atoms with van der Waals surface area (Å²) < 4.78 is 10.4. The Morgan fingerprint density at radius 2 is 1.66 bits per heavy atom. The number of allylic oxidation sites excluding steroid dienone is 1. The molecule has 0 amide bonds. The summed E-state index contributed by atoms with van der Waals surface area (Å²) in [4.78, 5) is 25.0. The Morgan fingerprint density at radius 1 is 1.00 bits per heavy atom. The highest BCUT2D eigenvalue weighted by Crippen LogP contribution is 2.28. The quantitative estimate of drug-likeness (QED) is 0.483. The van der Waals surface area contributed by atoms with Crippen molar-refractivity contribution in [3.63, 3.8) is 0 Å². The molecular formula is C24H29NO4. The van der Waals surface area contributed by atoms with E-state index in [0.717, 1.165) is 11.1 Å². The lowest BCUT2D eigenvalue weighted by atomic mass is 9.96. The average Bonchev–Trinajstić information content (AvgIpc) is 2.75. The number of ether oxygens (including phenoxy) is 2. The second kappa shape index (κ2) is 11.2. The Balaban J connectivity index is 2.27. The fourth-order valence-corrected chi connectivity index (χ4v) is 3.11. The molecule has 0 aliphatic carbocycles. The summed E-state index contributed by atoms with van der Waals surface area (Å²) in [5.41, 5.74) is 1.78. The maximum atomic E-state index is 12.7. The van der Waals surface area contributed by atoms with Gasteiger partial charge in [0.1, 0.15) is 11.8 Å². The summed E-state index contributed by atoms with van der Waals surface area (Å²) in [6, 6.07) is 16.2. The van der Waals surface area contributed by atoms with E-state index < -0.39 is 12.1 Å². The van der Waals surface area contributed by atoms with Crippen molar-refractivity contribution < 1.29 is 19.1 Å². The molecule has 2 aromatic carbocycles. The van der Waals surface area contributed by atoms with Gasteiger partial charge in [0.15, 0.2) is 5.78 Å². The molecule has 5 nitrogen and oxygen atoms in total. The van der Waals surface area contributed by atoms with Gasteiger partial charge < -0.3 is 9.47 Å². The smallest absolute Gasteiger partial charge is 0.323 e. The van der Waals surface area contributed by atoms with Crippen LogP contribution in [0.2, 0.25) is 0 Å². The zero-order valence-corrected chi connectivity index (χ0v) is 17.4. The van der Waals surface area contributed by atoms with Crippen LogP contribution in [0.1, 0.15) is 37.4 Å². The average molecular weight is 395 g/mol. The van der Waals surface area contributed by atoms with Gasteiger partial charge in [-0.15, -0.1) is 0 Å². The lowest BCUT2D eigenvalue weighted by molar-refractivity contribution is -0.144. The molecule has 0 spiro atoms. The number of carbonyl (C=O) groups excluding carboxylic acids is 2. The summed E-state index contributed by atoms with van der Waals surface area (Å²) >= 11 is 0. The molecule has 0 fully saturated rings. The van der Waals surface area contributed by atoms with Crippen molar-refractivity contribution in [3.05, 3.63) is 71.8 Å². The van der Waals surface area contributed by atoms with Gasteiger partial charge in [0.25, 0.3) is 0 Å². The number of rotatable bonds is 10. The molecule has 29 heavy (non-hydrogen) atoms. The molecule has 0 aliphatic heterocycles. The number of carbonyl (C=O) groups is 2. The first-order valence-electron chi connectivity index (χ1n) is 9.69. The first kappa shape index (κ1) is 22.4. The molecule has 2 rings (SSSR count). The molecule has 0 radical (unpaired) electrons. The Kier molecular flexibility index (Phi) is 8.62. The van der Waals surface area contributed by atoms with E-state index in [9.17, 15) is 9.59 Å². The molecule has 0 bridgehead atoms. The van der Waals surface area contributed by atoms with E-state index in [1.807, 2.05) is 68.4 Å². The third-order valence-corrected chi connectivity index (χ3v) is 4.68. The summed E-state index contributed by atoms with van der Waals surface area (Å²) in [5, 5.41) is 3.32. The van der Waals surface area contributed by atoms with Crippen LogP contribution in [0.4, 0.5) is 0 Å². The molecule has 0 aliphatic rings. The number of benzene rings is 2. The van der Waals surface area contributed by atoms with Crippen LogP contribution in [-0.4, -0.2) is 32.0 Å². The predicted molar refractivity (Wildman–Crippen MR) is 115 cm³/mol. The molecule has 154 valence electrons. The second-order valence-corrected chi connectivity index (χ2v) is 7.12. The van der Waals surface area contributed by atoms with Crippen molar-refractivity contribution in [2.24, 2.45) is 5.92 Å². The van der Waals surface area contributed by atoms with Gasteiger partial charge in [0.05, 0.1) is 14.2 Å². The molecule has 0 saturated heterocycles. The number of para-hydroxylation sites is 1. The Morgan fingerprint density at radius 3 is 2.28 bits per heavy atom. The van der Waals surface area contributed by atoms with Crippen LogP contribution >= 0.6 is 0 Å². The second-order valence-electron chi connectivity index (χ2n) is 7.12. The van der Waals surface area contributed by atoms with Crippen molar-refractivity contribution in [1.82, 2.24) is 5.32 Å². The van der Waals surface area contributed by atoms with Crippen LogP contribution in [-0.2, 0) is 14.3 Å². The normalized spacial score (nSPS) is 13.3. The number of hydrogen-bond donors (Lipinski definition) is 1. The first-order valence-corrected chi connectivity index (χ1v) is 9.69. The molecular weight excluding hydrogens is 366 g/mol. The van der Waals surface area contributed by atoms with Gasteiger partial charge >= 0.3 is 5.97 Å². The Labute approximate surface area is 172 Å². The van der Waals surface area contributed by atoms with Gasteiger partial charge in [-0.25, -0.2) is 0 Å². The molecule has 5 heteroatoms. The number of ketones is 1. The van der Waals surface area contributed by atoms with E-state index in [1.165, 1.54) is 7.11 Å². The van der Waals surface area contributed by atoms with Gasteiger partial charge in [0.2, 0.25) is 0 Å². The summed E-state index contributed by atoms with van der Waals surface area (Å²) in [7, 11) is 2.96. The molecule has 0 aromatic heterocycles. The van der Waals surface area contributed by atoms with Gasteiger partial charge in [-0.3, -0.25) is 14.9 Å². The fourth-order valence-electron chi connectivity index (χ4n) is 3.11. The maximum absolute atomic E-state index is 12.7. The SMILES string of the molecule is COC(=O)[C@@H](NC(CC(=O)/C=C/c1ccccc1)c1ccccc1OC)C(C)C. The van der Waals surface area contributed by atoms with E-state index in [4.69, 9.17) is 9.47 Å². The minimum atomic E-state index is -0.541. The molecule has 2 atom stereocenters. The van der Waals surface area contributed by atoms with Crippen LogP contribution in [0, 0.1) is 5.92 Å². The molecule has 1 N–H and O–H groups in total. The maximum Gasteiger partial charge on any atom is 0.323 e. The predicted octanol–water partition coefficient (Wildman–Crippen LogP) is 4.20. The fraction of sp³-hybridized carbons (Fsp3) is 0.333. The number of methoxy groups -OCH3 is 2. The molecule has 0 saturated carbocycles. The minimum Gasteiger partial charge on any atom is -0.496 e. The van der Waals surface area contributed by atoms with E-state index in [0.29, 0.717) is 5.75 Å². The standard InChI is InChI=1S/C24H29NO4/c1-17(2)23(24(27)29-4)25-21(20-12-8-9-13-22(20)28-3)16-19(26)15-14-18-10-6-5-7-11-18/h5-15,17,21,23,25H,16H2,1-4H3/b15-14+/t21?,23-/m0/s1. The zero-order valence-electron chi connectivity index (χ0n) is 17.4. The summed E-state index contributed by atoms with van der Waals surface area (Å²) in [6.07, 6.45) is 3.55. The molecule has 0 heterocycles. The van der Waals surface area contributed by atoms with E-state index >= 15 is 0 Å². The van der Waals surface area contributed by atoms with Crippen molar-refractivity contribution in [1.29, 1.82) is 0 Å². The van der Waals surface area contributed by atoms with Crippen molar-refractivity contribution in [2.75, 3.05) is 14.2 Å². The highest BCUT2D eigenvalue weighted by atomic mass is 16.5. The third kappa shape index (κ3) is 6.57. The third-order valence-electron chi connectivity index (χ3n) is 4.68. The van der Waals surface area contributed by atoms with Gasteiger partial charge in [-0.05, 0) is 23.6 Å². The monoisotopic (exact) mass is 395 g/mol. The minimum absolute atomic E-state index is 0.00498. The van der Waals surface area contributed by atoms with Crippen LogP contribution in [0.3, 0.4) is 0 Å². The number of nitrogens with one attached hydrogen (secondary N) is 1. The van der Waals surface area contributed by atoms with Crippen LogP contribution < -0.4 is 10.1 Å². The highest BCUT2D eigenvalue weighted by molar-refractivity contribution is 5.94. The lowest BCUT2D eigenvalue weighted by Gasteiger charge is -2.27. The molecule has 2 aromatic rings. The largest absolute Gasteiger partial charge is 0.496 e. The lowest BCUT2D eigenvalue weighted by Crippen LogP contribution is -2.44. The topological polar surface area (TPSA) is 64.6 Å². The van der Waals surface area contributed by atoms with E-state index in [1.54, 1.807) is 19.3 Å². The first-order chi connectivity index (χ1) is 14.0. The van der Waals surface area contributed by atoms with Crippen molar-refractivity contribution in [3.8, 4) is 5.75 Å². The number of esters is 1.